The molecular weight excluding hydrogens is 326 g/mol. The van der Waals surface area contributed by atoms with Gasteiger partial charge in [0, 0.05) is 22.9 Å². The highest BCUT2D eigenvalue weighted by Crippen LogP contribution is 2.34. The van der Waals surface area contributed by atoms with Gasteiger partial charge in [0.25, 0.3) is 0 Å². The van der Waals surface area contributed by atoms with Gasteiger partial charge in [0.1, 0.15) is 5.82 Å². The number of fused-ring (bicyclic) bond motifs is 1. The van der Waals surface area contributed by atoms with Crippen LogP contribution in [-0.2, 0) is 11.0 Å². The van der Waals surface area contributed by atoms with Gasteiger partial charge in [-0.1, -0.05) is 24.3 Å². The molecule has 0 atom stereocenters. The Balaban J connectivity index is 2.02. The average Bonchev–Trinajstić information content (AvgIpc) is 2.53. The molecule has 0 heterocycles. The Kier molecular flexibility index (Phi) is 3.71. The second-order valence-electron chi connectivity index (χ2n) is 5.11. The third-order valence-electron chi connectivity index (χ3n) is 3.51. The van der Waals surface area contributed by atoms with E-state index in [2.05, 4.69) is 5.32 Å². The van der Waals surface area contributed by atoms with Crippen LogP contribution in [0.3, 0.4) is 0 Å². The molecular formula is C17H9F4NO2. The summed E-state index contributed by atoms with van der Waals surface area (Å²) in [6.07, 6.45) is -3.83. The number of anilines is 1. The van der Waals surface area contributed by atoms with E-state index < -0.39 is 29.1 Å². The molecule has 2 aromatic rings. The number of alkyl halides is 3. The Morgan fingerprint density at radius 1 is 0.917 bits per heavy atom. The van der Waals surface area contributed by atoms with E-state index in [4.69, 9.17) is 0 Å². The second kappa shape index (κ2) is 5.59. The van der Waals surface area contributed by atoms with E-state index in [9.17, 15) is 27.2 Å². The van der Waals surface area contributed by atoms with Crippen molar-refractivity contribution in [1.82, 2.24) is 0 Å². The van der Waals surface area contributed by atoms with Crippen molar-refractivity contribution in [3.63, 3.8) is 0 Å². The summed E-state index contributed by atoms with van der Waals surface area (Å²) in [5.41, 5.74) is -0.743. The second-order valence-corrected chi connectivity index (χ2v) is 5.11. The van der Waals surface area contributed by atoms with Gasteiger partial charge in [0.15, 0.2) is 0 Å². The Morgan fingerprint density at radius 3 is 2.25 bits per heavy atom. The summed E-state index contributed by atoms with van der Waals surface area (Å²) in [5, 5.41) is 2.65. The van der Waals surface area contributed by atoms with Gasteiger partial charge < -0.3 is 5.32 Å². The lowest BCUT2D eigenvalue weighted by atomic mass is 9.92. The zero-order valence-corrected chi connectivity index (χ0v) is 11.9. The summed E-state index contributed by atoms with van der Waals surface area (Å²) in [5.74, 6) is -2.86. The molecule has 24 heavy (non-hydrogen) atoms. The molecule has 0 saturated heterocycles. The quantitative estimate of drug-likeness (QED) is 0.665. The Labute approximate surface area is 133 Å². The lowest BCUT2D eigenvalue weighted by Gasteiger charge is -2.18. The Hall–Kier alpha value is -2.96. The van der Waals surface area contributed by atoms with Crippen molar-refractivity contribution in [2.24, 2.45) is 0 Å². The van der Waals surface area contributed by atoms with E-state index in [0.29, 0.717) is 17.7 Å². The summed E-state index contributed by atoms with van der Waals surface area (Å²) < 4.78 is 51.7. The van der Waals surface area contributed by atoms with E-state index in [1.165, 1.54) is 6.07 Å². The first-order valence-corrected chi connectivity index (χ1v) is 6.81. The number of allylic oxidation sites excluding steroid dienone is 1. The van der Waals surface area contributed by atoms with Crippen LogP contribution in [0.15, 0.2) is 48.5 Å². The number of ketones is 2. The van der Waals surface area contributed by atoms with Crippen LogP contribution in [0.25, 0.3) is 5.70 Å². The molecule has 0 fully saturated rings. The van der Waals surface area contributed by atoms with Crippen LogP contribution in [0.2, 0.25) is 0 Å². The first kappa shape index (κ1) is 15.9. The van der Waals surface area contributed by atoms with Gasteiger partial charge in [-0.15, -0.1) is 0 Å². The van der Waals surface area contributed by atoms with Gasteiger partial charge in [0.05, 0.1) is 11.3 Å². The van der Waals surface area contributed by atoms with Crippen LogP contribution in [0.5, 0.6) is 0 Å². The maximum atomic E-state index is 13.3. The molecule has 1 N–H and O–H groups in total. The van der Waals surface area contributed by atoms with Crippen LogP contribution >= 0.6 is 0 Å². The molecule has 0 saturated carbocycles. The normalized spacial score (nSPS) is 14.2. The summed E-state index contributed by atoms with van der Waals surface area (Å²) >= 11 is 0. The van der Waals surface area contributed by atoms with Crippen LogP contribution < -0.4 is 5.32 Å². The predicted octanol–water partition coefficient (Wildman–Crippen LogP) is 4.06. The van der Waals surface area contributed by atoms with Gasteiger partial charge in [-0.3, -0.25) is 9.59 Å². The third-order valence-corrected chi connectivity index (χ3v) is 3.51. The largest absolute Gasteiger partial charge is 0.419 e. The van der Waals surface area contributed by atoms with Crippen molar-refractivity contribution in [2.75, 3.05) is 5.32 Å². The van der Waals surface area contributed by atoms with Crippen LogP contribution in [0, 0.1) is 5.82 Å². The molecule has 0 spiro atoms. The van der Waals surface area contributed by atoms with Crippen molar-refractivity contribution < 1.29 is 27.2 Å². The van der Waals surface area contributed by atoms with Gasteiger partial charge in [-0.05, 0) is 18.2 Å². The molecule has 122 valence electrons. The van der Waals surface area contributed by atoms with Crippen molar-refractivity contribution in [1.29, 1.82) is 0 Å². The molecule has 0 amide bonds. The summed E-state index contributed by atoms with van der Waals surface area (Å²) in [6, 6.07) is 8.64. The number of halogens is 4. The van der Waals surface area contributed by atoms with Crippen LogP contribution in [-0.4, -0.2) is 11.6 Å². The minimum atomic E-state index is -4.84. The maximum Gasteiger partial charge on any atom is 0.419 e. The number of hydrogen-bond acceptors (Lipinski definition) is 3. The number of hydrogen-bond donors (Lipinski definition) is 1. The molecule has 3 rings (SSSR count). The minimum absolute atomic E-state index is 0.0491. The molecule has 3 nitrogen and oxygen atoms in total. The number of benzene rings is 2. The monoisotopic (exact) mass is 335 g/mol. The summed E-state index contributed by atoms with van der Waals surface area (Å²) in [7, 11) is 0. The summed E-state index contributed by atoms with van der Waals surface area (Å²) in [4.78, 5) is 23.6. The molecule has 0 aromatic heterocycles. The van der Waals surface area contributed by atoms with Crippen molar-refractivity contribution in [2.45, 2.75) is 6.18 Å². The number of carbonyl (C=O) groups excluding carboxylic acids is 2. The van der Waals surface area contributed by atoms with Crippen molar-refractivity contribution in [3.05, 3.63) is 71.0 Å². The first-order valence-electron chi connectivity index (χ1n) is 6.81. The molecule has 0 radical (unpaired) electrons. The Morgan fingerprint density at radius 2 is 1.58 bits per heavy atom. The van der Waals surface area contributed by atoms with Gasteiger partial charge in [0.2, 0.25) is 11.6 Å². The minimum Gasteiger partial charge on any atom is -0.355 e. The number of carbonyl (C=O) groups is 2. The predicted molar refractivity (Wildman–Crippen MR) is 78.8 cm³/mol. The fourth-order valence-corrected chi connectivity index (χ4v) is 2.40. The smallest absolute Gasteiger partial charge is 0.355 e. The highest BCUT2D eigenvalue weighted by atomic mass is 19.4. The lowest BCUT2D eigenvalue weighted by molar-refractivity contribution is -0.139. The molecule has 0 unspecified atom stereocenters. The van der Waals surface area contributed by atoms with E-state index in [1.807, 2.05) is 0 Å². The highest BCUT2D eigenvalue weighted by molar-refractivity contribution is 6.50. The standard InChI is InChI=1S/C17H9F4NO2/c18-13-6-5-9(7-12(13)17(19,20)21)22-14-8-15(23)16(24)11-4-2-1-3-10(11)14/h1-8,22H. The average molecular weight is 335 g/mol. The Bertz CT molecular complexity index is 884. The fourth-order valence-electron chi connectivity index (χ4n) is 2.40. The van der Waals surface area contributed by atoms with Gasteiger partial charge >= 0.3 is 6.18 Å². The molecule has 0 bridgehead atoms. The van der Waals surface area contributed by atoms with Crippen LogP contribution in [0.4, 0.5) is 23.2 Å². The third kappa shape index (κ3) is 2.80. The topological polar surface area (TPSA) is 46.2 Å². The number of rotatable bonds is 2. The zero-order chi connectivity index (χ0) is 17.5. The first-order chi connectivity index (χ1) is 11.3. The highest BCUT2D eigenvalue weighted by Gasteiger charge is 2.34. The van der Waals surface area contributed by atoms with E-state index in [0.717, 1.165) is 12.1 Å². The molecule has 7 heteroatoms. The molecule has 2 aromatic carbocycles. The van der Waals surface area contributed by atoms with E-state index in [1.54, 1.807) is 18.2 Å². The molecule has 1 aliphatic carbocycles. The summed E-state index contributed by atoms with van der Waals surface area (Å²) in [6.45, 7) is 0. The lowest BCUT2D eigenvalue weighted by Crippen LogP contribution is -2.21. The zero-order valence-electron chi connectivity index (χ0n) is 11.9. The van der Waals surface area contributed by atoms with Crippen molar-refractivity contribution in [3.8, 4) is 0 Å². The van der Waals surface area contributed by atoms with Crippen LogP contribution in [0.1, 0.15) is 21.5 Å². The number of Topliss-reactive ketones (excluding diaryl/α,β-unsaturated/α-hetero) is 1. The van der Waals surface area contributed by atoms with Gasteiger partial charge in [-0.2, -0.15) is 13.2 Å². The SMILES string of the molecule is O=C1C=C(Nc2ccc(F)c(C(F)(F)F)c2)c2ccccc2C1=O. The van der Waals surface area contributed by atoms with E-state index in [-0.39, 0.29) is 16.9 Å². The van der Waals surface area contributed by atoms with Crippen molar-refractivity contribution >= 4 is 23.0 Å². The fraction of sp³-hybridized carbons (Fsp3) is 0.0588. The molecule has 1 aliphatic rings. The maximum absolute atomic E-state index is 13.3. The number of nitrogens with one attached hydrogen (secondary N) is 1. The van der Waals surface area contributed by atoms with E-state index >= 15 is 0 Å². The molecule has 0 aliphatic heterocycles. The van der Waals surface area contributed by atoms with Gasteiger partial charge in [-0.25, -0.2) is 4.39 Å².